The third-order valence-corrected chi connectivity index (χ3v) is 5.69. The average molecular weight is 348 g/mol. The van der Waals surface area contributed by atoms with Crippen LogP contribution in [0.25, 0.3) is 0 Å². The molecule has 1 N–H and O–H groups in total. The summed E-state index contributed by atoms with van der Waals surface area (Å²) < 4.78 is 31.2. The van der Waals surface area contributed by atoms with Gasteiger partial charge in [0.15, 0.2) is 0 Å². The molecule has 24 heavy (non-hydrogen) atoms. The maximum Gasteiger partial charge on any atom is 0.206 e. The fourth-order valence-corrected chi connectivity index (χ4v) is 3.85. The van der Waals surface area contributed by atoms with Crippen LogP contribution in [0.15, 0.2) is 46.2 Å². The van der Waals surface area contributed by atoms with Crippen LogP contribution < -0.4 is 4.74 Å². The molecule has 0 atom stereocenters. The van der Waals surface area contributed by atoms with Gasteiger partial charge >= 0.3 is 0 Å². The molecule has 130 valence electrons. The molecule has 0 fully saturated rings. The molecule has 0 aromatic heterocycles. The minimum absolute atomic E-state index is 0.0842. The van der Waals surface area contributed by atoms with E-state index < -0.39 is 9.84 Å². The lowest BCUT2D eigenvalue weighted by Crippen LogP contribution is -2.04. The van der Waals surface area contributed by atoms with Gasteiger partial charge in [-0.2, -0.15) is 0 Å². The summed E-state index contributed by atoms with van der Waals surface area (Å²) in [5.41, 5.74) is 1.33. The minimum atomic E-state index is -3.61. The van der Waals surface area contributed by atoms with E-state index in [1.54, 1.807) is 25.1 Å². The lowest BCUT2D eigenvalue weighted by molar-refractivity contribution is 0.304. The standard InChI is InChI=1S/C19H24O4S/c1-4-5-6-11-23-19-10-8-17(13-15(19)3)24(21,22)16-7-9-18(20)14(2)12-16/h7-10,12-13,20H,4-6,11H2,1-3H3. The molecule has 4 nitrogen and oxygen atoms in total. The van der Waals surface area contributed by atoms with Gasteiger partial charge < -0.3 is 9.84 Å². The van der Waals surface area contributed by atoms with Crippen molar-refractivity contribution >= 4 is 9.84 Å². The lowest BCUT2D eigenvalue weighted by atomic mass is 10.2. The molecule has 0 aliphatic heterocycles. The monoisotopic (exact) mass is 348 g/mol. The third-order valence-electron chi connectivity index (χ3n) is 3.94. The van der Waals surface area contributed by atoms with E-state index in [0.717, 1.165) is 24.8 Å². The number of benzene rings is 2. The van der Waals surface area contributed by atoms with Crippen molar-refractivity contribution < 1.29 is 18.3 Å². The van der Waals surface area contributed by atoms with Crippen LogP contribution in [0.4, 0.5) is 0 Å². The number of sulfone groups is 1. The van der Waals surface area contributed by atoms with Crippen molar-refractivity contribution in [3.63, 3.8) is 0 Å². The lowest BCUT2D eigenvalue weighted by Gasteiger charge is -2.11. The number of phenolic OH excluding ortho intramolecular Hbond substituents is 1. The molecule has 0 aliphatic rings. The smallest absolute Gasteiger partial charge is 0.206 e. The Morgan fingerprint density at radius 2 is 1.58 bits per heavy atom. The highest BCUT2D eigenvalue weighted by atomic mass is 32.2. The van der Waals surface area contributed by atoms with E-state index in [4.69, 9.17) is 4.74 Å². The van der Waals surface area contributed by atoms with Crippen LogP contribution in [-0.2, 0) is 9.84 Å². The van der Waals surface area contributed by atoms with Gasteiger partial charge in [-0.3, -0.25) is 0 Å². The molecule has 0 heterocycles. The molecule has 2 aromatic carbocycles. The second-order valence-electron chi connectivity index (χ2n) is 5.93. The number of aryl methyl sites for hydroxylation is 2. The Balaban J connectivity index is 2.25. The van der Waals surface area contributed by atoms with Crippen molar-refractivity contribution in [3.05, 3.63) is 47.5 Å². The zero-order valence-electron chi connectivity index (χ0n) is 14.4. The van der Waals surface area contributed by atoms with Crippen LogP contribution in [0.1, 0.15) is 37.3 Å². The molecule has 2 rings (SSSR count). The number of unbranched alkanes of at least 4 members (excludes halogenated alkanes) is 2. The Kier molecular flexibility index (Phi) is 5.89. The molecule has 0 bridgehead atoms. The second-order valence-corrected chi connectivity index (χ2v) is 7.88. The number of ether oxygens (including phenoxy) is 1. The van der Waals surface area contributed by atoms with Gasteiger partial charge in [-0.15, -0.1) is 0 Å². The Labute approximate surface area is 144 Å². The van der Waals surface area contributed by atoms with Crippen molar-refractivity contribution in [2.75, 3.05) is 6.61 Å². The van der Waals surface area contributed by atoms with E-state index >= 15 is 0 Å². The first-order chi connectivity index (χ1) is 11.4. The van der Waals surface area contributed by atoms with Crippen molar-refractivity contribution in [1.82, 2.24) is 0 Å². The maximum atomic E-state index is 12.7. The minimum Gasteiger partial charge on any atom is -0.508 e. The molecule has 2 aromatic rings. The Morgan fingerprint density at radius 1 is 0.958 bits per heavy atom. The topological polar surface area (TPSA) is 63.6 Å². The summed E-state index contributed by atoms with van der Waals surface area (Å²) in [4.78, 5) is 0.403. The number of aromatic hydroxyl groups is 1. The fraction of sp³-hybridized carbons (Fsp3) is 0.368. The van der Waals surface area contributed by atoms with Crippen molar-refractivity contribution in [2.45, 2.75) is 49.8 Å². The number of rotatable bonds is 7. The third kappa shape index (κ3) is 4.09. The zero-order valence-corrected chi connectivity index (χ0v) is 15.2. The zero-order chi connectivity index (χ0) is 17.7. The summed E-state index contributed by atoms with van der Waals surface area (Å²) in [5.74, 6) is 0.799. The average Bonchev–Trinajstić information content (AvgIpc) is 2.55. The predicted octanol–water partition coefficient (Wildman–Crippen LogP) is 4.41. The molecule has 0 unspecified atom stereocenters. The molecular weight excluding hydrogens is 324 g/mol. The van der Waals surface area contributed by atoms with Gasteiger partial charge in [0.2, 0.25) is 9.84 Å². The summed E-state index contributed by atoms with van der Waals surface area (Å²) >= 11 is 0. The van der Waals surface area contributed by atoms with Gasteiger partial charge in [0.1, 0.15) is 11.5 Å². The van der Waals surface area contributed by atoms with Crippen molar-refractivity contribution in [1.29, 1.82) is 0 Å². The number of phenols is 1. The van der Waals surface area contributed by atoms with Gasteiger partial charge in [0.25, 0.3) is 0 Å². The molecule has 0 aliphatic carbocycles. The van der Waals surface area contributed by atoms with Gasteiger partial charge in [0.05, 0.1) is 16.4 Å². The van der Waals surface area contributed by atoms with Crippen LogP contribution in [0, 0.1) is 13.8 Å². The first kappa shape index (κ1) is 18.3. The van der Waals surface area contributed by atoms with E-state index in [-0.39, 0.29) is 15.5 Å². The Morgan fingerprint density at radius 3 is 2.17 bits per heavy atom. The number of hydrogen-bond acceptors (Lipinski definition) is 4. The summed E-state index contributed by atoms with van der Waals surface area (Å²) in [7, 11) is -3.61. The molecule has 0 spiro atoms. The first-order valence-corrected chi connectivity index (χ1v) is 9.62. The maximum absolute atomic E-state index is 12.7. The van der Waals surface area contributed by atoms with E-state index in [1.165, 1.54) is 18.2 Å². The largest absolute Gasteiger partial charge is 0.508 e. The van der Waals surface area contributed by atoms with Gasteiger partial charge in [-0.25, -0.2) is 8.42 Å². The highest BCUT2D eigenvalue weighted by Crippen LogP contribution is 2.28. The van der Waals surface area contributed by atoms with Gasteiger partial charge in [-0.05, 0) is 67.8 Å². The van der Waals surface area contributed by atoms with Gasteiger partial charge in [0, 0.05) is 0 Å². The van der Waals surface area contributed by atoms with E-state index in [2.05, 4.69) is 6.92 Å². The predicted molar refractivity (Wildman–Crippen MR) is 94.5 cm³/mol. The summed E-state index contributed by atoms with van der Waals surface area (Å²) in [5, 5.41) is 9.57. The molecule has 0 amide bonds. The molecule has 0 radical (unpaired) electrons. The molecule has 0 saturated heterocycles. The van der Waals surface area contributed by atoms with Crippen molar-refractivity contribution in [3.8, 4) is 11.5 Å². The summed E-state index contributed by atoms with van der Waals surface area (Å²) in [6.07, 6.45) is 3.24. The molecule has 5 heteroatoms. The van der Waals surface area contributed by atoms with Gasteiger partial charge in [-0.1, -0.05) is 19.8 Å². The van der Waals surface area contributed by atoms with Crippen molar-refractivity contribution in [2.24, 2.45) is 0 Å². The fourth-order valence-electron chi connectivity index (χ4n) is 2.42. The van der Waals surface area contributed by atoms with E-state index in [9.17, 15) is 13.5 Å². The first-order valence-electron chi connectivity index (χ1n) is 8.14. The van der Waals surface area contributed by atoms with Crippen LogP contribution in [0.5, 0.6) is 11.5 Å². The second kappa shape index (κ2) is 7.71. The quantitative estimate of drug-likeness (QED) is 0.753. The van der Waals surface area contributed by atoms with Crippen LogP contribution in [-0.4, -0.2) is 20.1 Å². The SMILES string of the molecule is CCCCCOc1ccc(S(=O)(=O)c2ccc(O)c(C)c2)cc1C. The highest BCUT2D eigenvalue weighted by molar-refractivity contribution is 7.91. The van der Waals surface area contributed by atoms with E-state index in [0.29, 0.717) is 17.9 Å². The van der Waals surface area contributed by atoms with Crippen LogP contribution >= 0.6 is 0 Å². The highest BCUT2D eigenvalue weighted by Gasteiger charge is 2.19. The van der Waals surface area contributed by atoms with Crippen LogP contribution in [0.3, 0.4) is 0 Å². The normalized spacial score (nSPS) is 11.5. The molecular formula is C19H24O4S. The molecule has 0 saturated carbocycles. The van der Waals surface area contributed by atoms with Crippen LogP contribution in [0.2, 0.25) is 0 Å². The Hall–Kier alpha value is -2.01. The number of hydrogen-bond donors (Lipinski definition) is 1. The Bertz CT molecular complexity index is 810. The van der Waals surface area contributed by atoms with E-state index in [1.807, 2.05) is 6.92 Å². The summed E-state index contributed by atoms with van der Waals surface area (Å²) in [6.45, 7) is 6.29. The summed E-state index contributed by atoms with van der Waals surface area (Å²) in [6, 6.07) is 9.21.